The zero-order valence-corrected chi connectivity index (χ0v) is 13.0. The Kier molecular flexibility index (Phi) is 6.57. The molecule has 0 spiro atoms. The monoisotopic (exact) mass is 301 g/mol. The lowest BCUT2D eigenvalue weighted by molar-refractivity contribution is 0.506. The summed E-state index contributed by atoms with van der Waals surface area (Å²) >= 11 is 0. The van der Waals surface area contributed by atoms with Gasteiger partial charge < -0.3 is 15.1 Å². The van der Waals surface area contributed by atoms with Gasteiger partial charge in [-0.2, -0.15) is 0 Å². The molecule has 6 nitrogen and oxygen atoms in total. The van der Waals surface area contributed by atoms with Crippen molar-refractivity contribution < 1.29 is 12.8 Å². The molecule has 1 unspecified atom stereocenters. The molecule has 1 heterocycles. The Hall–Kier alpha value is -1.50. The average molecular weight is 301 g/mol. The van der Waals surface area contributed by atoms with Gasteiger partial charge in [-0.25, -0.2) is 8.42 Å². The van der Waals surface area contributed by atoms with Crippen molar-refractivity contribution in [1.29, 1.82) is 0 Å². The maximum absolute atomic E-state index is 11.1. The molecular formula is C13H23N3O3S. The fourth-order valence-corrected chi connectivity index (χ4v) is 2.43. The van der Waals surface area contributed by atoms with Gasteiger partial charge >= 0.3 is 0 Å². The van der Waals surface area contributed by atoms with E-state index in [1.807, 2.05) is 19.1 Å². The summed E-state index contributed by atoms with van der Waals surface area (Å²) in [5, 5.41) is 6.33. The van der Waals surface area contributed by atoms with Crippen molar-refractivity contribution in [2.75, 3.05) is 25.6 Å². The molecule has 1 atom stereocenters. The summed E-state index contributed by atoms with van der Waals surface area (Å²) < 4.78 is 27.5. The molecule has 1 aromatic heterocycles. The predicted molar refractivity (Wildman–Crippen MR) is 80.7 cm³/mol. The zero-order chi connectivity index (χ0) is 15.0. The van der Waals surface area contributed by atoms with E-state index < -0.39 is 9.84 Å². The highest BCUT2D eigenvalue weighted by Gasteiger charge is 2.09. The van der Waals surface area contributed by atoms with E-state index in [-0.39, 0.29) is 11.8 Å². The summed E-state index contributed by atoms with van der Waals surface area (Å²) in [6.07, 6.45) is 4.22. The predicted octanol–water partition coefficient (Wildman–Crippen LogP) is 0.810. The van der Waals surface area contributed by atoms with Crippen molar-refractivity contribution in [1.82, 2.24) is 10.6 Å². The first kappa shape index (κ1) is 16.6. The fourth-order valence-electron chi connectivity index (χ4n) is 1.65. The molecule has 0 amide bonds. The number of sulfone groups is 1. The second-order valence-electron chi connectivity index (χ2n) is 4.79. The smallest absolute Gasteiger partial charge is 0.191 e. The van der Waals surface area contributed by atoms with Crippen LogP contribution < -0.4 is 10.6 Å². The highest BCUT2D eigenvalue weighted by atomic mass is 32.2. The highest BCUT2D eigenvalue weighted by Crippen LogP contribution is 1.99. The lowest BCUT2D eigenvalue weighted by Crippen LogP contribution is -2.43. The van der Waals surface area contributed by atoms with E-state index >= 15 is 0 Å². The third-order valence-electron chi connectivity index (χ3n) is 2.77. The average Bonchev–Trinajstić information content (AvgIpc) is 2.87. The molecular weight excluding hydrogens is 278 g/mol. The van der Waals surface area contributed by atoms with Crippen molar-refractivity contribution in [3.8, 4) is 0 Å². The van der Waals surface area contributed by atoms with Crippen LogP contribution in [0.5, 0.6) is 0 Å². The van der Waals surface area contributed by atoms with Gasteiger partial charge in [0.1, 0.15) is 15.6 Å². The Morgan fingerprint density at radius 2 is 2.25 bits per heavy atom. The number of rotatable bonds is 7. The summed E-state index contributed by atoms with van der Waals surface area (Å²) in [6, 6.07) is 3.82. The first-order valence-electron chi connectivity index (χ1n) is 6.58. The van der Waals surface area contributed by atoms with Gasteiger partial charge in [-0.05, 0) is 25.5 Å². The molecule has 0 fully saturated rings. The standard InChI is InChI=1S/C13H23N3O3S/c1-11(7-10-20(3,17)18)16-13(14-2)15-8-6-12-5-4-9-19-12/h4-5,9,11H,6-8,10H2,1-3H3,(H2,14,15,16). The molecule has 0 aromatic carbocycles. The van der Waals surface area contributed by atoms with Crippen LogP contribution in [0.15, 0.2) is 27.8 Å². The van der Waals surface area contributed by atoms with E-state index in [1.165, 1.54) is 6.26 Å². The maximum atomic E-state index is 11.1. The molecule has 1 aromatic rings. The van der Waals surface area contributed by atoms with Gasteiger partial charge in [-0.1, -0.05) is 0 Å². The summed E-state index contributed by atoms with van der Waals surface area (Å²) in [5.41, 5.74) is 0. The van der Waals surface area contributed by atoms with Crippen LogP contribution in [-0.2, 0) is 16.3 Å². The van der Waals surface area contributed by atoms with E-state index in [0.717, 1.165) is 12.2 Å². The Morgan fingerprint density at radius 1 is 1.50 bits per heavy atom. The molecule has 0 aliphatic heterocycles. The molecule has 0 aliphatic carbocycles. The van der Waals surface area contributed by atoms with Crippen molar-refractivity contribution >= 4 is 15.8 Å². The number of hydrogen-bond acceptors (Lipinski definition) is 4. The van der Waals surface area contributed by atoms with Crippen LogP contribution in [0.1, 0.15) is 19.1 Å². The molecule has 1 rings (SSSR count). The lowest BCUT2D eigenvalue weighted by atomic mass is 10.2. The molecule has 114 valence electrons. The first-order chi connectivity index (χ1) is 9.40. The second kappa shape index (κ2) is 7.94. The number of hydrogen-bond donors (Lipinski definition) is 2. The molecule has 0 saturated heterocycles. The van der Waals surface area contributed by atoms with Crippen LogP contribution in [0, 0.1) is 0 Å². The summed E-state index contributed by atoms with van der Waals surface area (Å²) in [6.45, 7) is 2.64. The number of nitrogens with zero attached hydrogens (tertiary/aromatic N) is 1. The third-order valence-corrected chi connectivity index (χ3v) is 3.75. The largest absolute Gasteiger partial charge is 0.469 e. The Balaban J connectivity index is 2.28. The Morgan fingerprint density at radius 3 is 2.80 bits per heavy atom. The highest BCUT2D eigenvalue weighted by molar-refractivity contribution is 7.90. The fraction of sp³-hybridized carbons (Fsp3) is 0.615. The van der Waals surface area contributed by atoms with E-state index in [4.69, 9.17) is 4.42 Å². The van der Waals surface area contributed by atoms with Crippen LogP contribution in [0.3, 0.4) is 0 Å². The van der Waals surface area contributed by atoms with Gasteiger partial charge in [-0.15, -0.1) is 0 Å². The zero-order valence-electron chi connectivity index (χ0n) is 12.2. The molecule has 2 N–H and O–H groups in total. The molecule has 0 radical (unpaired) electrons. The number of guanidine groups is 1. The molecule has 0 aliphatic rings. The van der Waals surface area contributed by atoms with Gasteiger partial charge in [0.25, 0.3) is 0 Å². The van der Waals surface area contributed by atoms with E-state index in [2.05, 4.69) is 15.6 Å². The SMILES string of the molecule is CN=C(NCCc1ccco1)NC(C)CCS(C)(=O)=O. The summed E-state index contributed by atoms with van der Waals surface area (Å²) in [7, 11) is -1.23. The molecule has 0 saturated carbocycles. The molecule has 7 heteroatoms. The van der Waals surface area contributed by atoms with Crippen LogP contribution in [0.2, 0.25) is 0 Å². The summed E-state index contributed by atoms with van der Waals surface area (Å²) in [4.78, 5) is 4.11. The van der Waals surface area contributed by atoms with Crippen molar-refractivity contribution in [3.05, 3.63) is 24.2 Å². The van der Waals surface area contributed by atoms with Crippen molar-refractivity contribution in [3.63, 3.8) is 0 Å². The van der Waals surface area contributed by atoms with Crippen LogP contribution >= 0.6 is 0 Å². The van der Waals surface area contributed by atoms with Gasteiger partial charge in [0.15, 0.2) is 5.96 Å². The lowest BCUT2D eigenvalue weighted by Gasteiger charge is -2.17. The van der Waals surface area contributed by atoms with Crippen LogP contribution in [0.4, 0.5) is 0 Å². The minimum Gasteiger partial charge on any atom is -0.469 e. The first-order valence-corrected chi connectivity index (χ1v) is 8.64. The minimum atomic E-state index is -2.92. The Labute approximate surface area is 120 Å². The Bertz CT molecular complexity index is 509. The van der Waals surface area contributed by atoms with E-state index in [1.54, 1.807) is 13.3 Å². The summed E-state index contributed by atoms with van der Waals surface area (Å²) in [5.74, 6) is 1.75. The quantitative estimate of drug-likeness (QED) is 0.575. The molecule has 0 bridgehead atoms. The van der Waals surface area contributed by atoms with E-state index in [0.29, 0.717) is 18.9 Å². The van der Waals surface area contributed by atoms with Gasteiger partial charge in [0.2, 0.25) is 0 Å². The number of aliphatic imine (C=N–C) groups is 1. The number of furan rings is 1. The number of nitrogens with one attached hydrogen (secondary N) is 2. The van der Waals surface area contributed by atoms with E-state index in [9.17, 15) is 8.42 Å². The maximum Gasteiger partial charge on any atom is 0.191 e. The molecule has 20 heavy (non-hydrogen) atoms. The topological polar surface area (TPSA) is 83.7 Å². The minimum absolute atomic E-state index is 0.0412. The van der Waals surface area contributed by atoms with Crippen molar-refractivity contribution in [2.45, 2.75) is 25.8 Å². The van der Waals surface area contributed by atoms with Gasteiger partial charge in [-0.3, -0.25) is 4.99 Å². The van der Waals surface area contributed by atoms with Crippen molar-refractivity contribution in [2.24, 2.45) is 4.99 Å². The van der Waals surface area contributed by atoms with Crippen LogP contribution in [-0.4, -0.2) is 46.0 Å². The normalized spacial score (nSPS) is 14.1. The van der Waals surface area contributed by atoms with Crippen LogP contribution in [0.25, 0.3) is 0 Å². The second-order valence-corrected chi connectivity index (χ2v) is 7.05. The third kappa shape index (κ3) is 7.18. The van der Waals surface area contributed by atoms with Gasteiger partial charge in [0.05, 0.1) is 12.0 Å². The van der Waals surface area contributed by atoms with Gasteiger partial charge in [0, 0.05) is 32.3 Å².